The number of carbonyl (C=O) groups is 2. The summed E-state index contributed by atoms with van der Waals surface area (Å²) >= 11 is 0. The van der Waals surface area contributed by atoms with E-state index >= 15 is 0 Å². The van der Waals surface area contributed by atoms with Crippen molar-refractivity contribution in [3.8, 4) is 0 Å². The number of carbonyl (C=O) groups excluding carboxylic acids is 2. The first-order valence-corrected chi connectivity index (χ1v) is 35.0. The van der Waals surface area contributed by atoms with Crippen LogP contribution < -0.4 is 0 Å². The normalized spacial score (nSPS) is 49.8. The third-order valence-corrected chi connectivity index (χ3v) is 23.9. The molecule has 0 bridgehead atoms. The molecule has 35 atom stereocenters. The Balaban J connectivity index is 0.666. The van der Waals surface area contributed by atoms with Crippen molar-refractivity contribution in [2.45, 2.75) is 308 Å². The fraction of sp³-hybridized carbons (Fsp3) is 0.829. The molecule has 0 aromatic heterocycles. The van der Waals surface area contributed by atoms with Crippen molar-refractivity contribution in [1.29, 1.82) is 0 Å². The quantitative estimate of drug-likeness (QED) is 0.0409. The molecule has 9 fully saturated rings. The summed E-state index contributed by atoms with van der Waals surface area (Å²) in [4.78, 5) is 27.1. The van der Waals surface area contributed by atoms with Gasteiger partial charge < -0.3 is 137 Å². The Hall–Kier alpha value is -3.24. The van der Waals surface area contributed by atoms with Gasteiger partial charge in [-0.25, -0.2) is 4.79 Å². The van der Waals surface area contributed by atoms with Crippen LogP contribution in [0.1, 0.15) is 118 Å². The monoisotopic (exact) mass is 1430 g/mol. The molecule has 1 aromatic rings. The summed E-state index contributed by atoms with van der Waals surface area (Å²) < 4.78 is 105. The Bertz CT molecular complexity index is 2970. The van der Waals surface area contributed by atoms with Gasteiger partial charge in [0.1, 0.15) is 108 Å². The van der Waals surface area contributed by atoms with Crippen LogP contribution in [-0.2, 0) is 90.1 Å². The molecule has 11 rings (SSSR count). The molecular weight excluding hydrogens is 1320 g/mol. The lowest BCUT2D eigenvalue weighted by Gasteiger charge is -2.67. The van der Waals surface area contributed by atoms with Crippen molar-refractivity contribution in [3.63, 3.8) is 0 Å². The highest BCUT2D eigenvalue weighted by molar-refractivity contribution is 5.89. The Morgan fingerprint density at radius 2 is 1.09 bits per heavy atom. The van der Waals surface area contributed by atoms with E-state index in [0.29, 0.717) is 25.7 Å². The Morgan fingerprint density at radius 1 is 0.570 bits per heavy atom. The van der Waals surface area contributed by atoms with Crippen LogP contribution in [0.4, 0.5) is 0 Å². The van der Waals surface area contributed by atoms with Gasteiger partial charge in [0.2, 0.25) is 0 Å². The maximum Gasteiger partial charge on any atom is 0.331 e. The molecule has 566 valence electrons. The average molecular weight is 1430 g/mol. The molecule has 4 aliphatic carbocycles. The zero-order valence-corrected chi connectivity index (χ0v) is 58.6. The van der Waals surface area contributed by atoms with Crippen LogP contribution in [-0.4, -0.2) is 305 Å². The van der Waals surface area contributed by atoms with Crippen LogP contribution in [0, 0.1) is 16.7 Å². The SMILES string of the molecule is CO[C@@H]1[C@@H](O)[C@H](O[C@H]2[C@@H](OC)C[C@H](O[C@H]3[C@@H](OC)C[C@H](O[C@H]4CC[C@@]5(C)C(=CC[C@]6(O)[C@@H]5C[C@@H](OC(=O)/C=C/c5ccccc5)[C@@]5(C)[C@]6(O)CC[C@]5(O)C(C)=O)C4)O[C@@H]3C)O[C@@H]2C)O[C@H](C)[C@@H]1O[C@H]1C[C@@H](OC)[C@H](O[C@@H]2O[C@H](CO[C@@H]3O[C@H](CO)[C@@H](O)[C@H](O)[C@H]3O)[C@@H](O)[C@H](O)[C@H]2O)[C@@H](C)O1. The highest BCUT2D eigenvalue weighted by Gasteiger charge is 2.81. The number of ether oxygens (including phenoxy) is 17. The van der Waals surface area contributed by atoms with Crippen molar-refractivity contribution in [3.05, 3.63) is 53.6 Å². The molecule has 0 amide bonds. The molecule has 6 heterocycles. The number of aliphatic hydroxyl groups excluding tert-OH is 8. The van der Waals surface area contributed by atoms with E-state index in [1.165, 1.54) is 34.3 Å². The second-order valence-corrected chi connectivity index (χ2v) is 29.4. The van der Waals surface area contributed by atoms with Gasteiger partial charge in [-0.1, -0.05) is 48.9 Å². The molecule has 30 nitrogen and oxygen atoms in total. The summed E-state index contributed by atoms with van der Waals surface area (Å²) in [6, 6.07) is 9.22. The first-order valence-electron chi connectivity index (χ1n) is 35.0. The first kappa shape index (κ1) is 77.8. The molecule has 0 unspecified atom stereocenters. The molecule has 100 heavy (non-hydrogen) atoms. The Labute approximate surface area is 581 Å². The summed E-state index contributed by atoms with van der Waals surface area (Å²) in [5.74, 6) is -1.90. The van der Waals surface area contributed by atoms with Gasteiger partial charge in [0, 0.05) is 59.7 Å². The second kappa shape index (κ2) is 31.3. The Morgan fingerprint density at radius 3 is 1.65 bits per heavy atom. The van der Waals surface area contributed by atoms with Gasteiger partial charge in [-0.15, -0.1) is 0 Å². The van der Waals surface area contributed by atoms with Crippen molar-refractivity contribution in [2.75, 3.05) is 41.7 Å². The summed E-state index contributed by atoms with van der Waals surface area (Å²) in [7, 11) is 5.98. The number of benzene rings is 1. The minimum Gasteiger partial charge on any atom is -0.458 e. The summed E-state index contributed by atoms with van der Waals surface area (Å²) in [5.41, 5.74) is -6.53. The third kappa shape index (κ3) is 14.4. The number of ketones is 1. The minimum absolute atomic E-state index is 0.0421. The van der Waals surface area contributed by atoms with Crippen LogP contribution in [0.25, 0.3) is 6.08 Å². The first-order chi connectivity index (χ1) is 47.4. The topological polar surface area (TPSA) is 414 Å². The van der Waals surface area contributed by atoms with E-state index in [-0.39, 0.29) is 44.6 Å². The number of aliphatic hydroxyl groups is 11. The molecule has 11 N–H and O–H groups in total. The van der Waals surface area contributed by atoms with Crippen molar-refractivity contribution < 1.29 is 146 Å². The molecule has 3 saturated carbocycles. The smallest absolute Gasteiger partial charge is 0.331 e. The van der Waals surface area contributed by atoms with E-state index in [1.807, 2.05) is 43.3 Å². The molecule has 1 aromatic carbocycles. The molecule has 30 heteroatoms. The maximum absolute atomic E-state index is 13.7. The van der Waals surface area contributed by atoms with Crippen LogP contribution >= 0.6 is 0 Å². The van der Waals surface area contributed by atoms with Gasteiger partial charge in [-0.05, 0) is 104 Å². The molecule has 10 aliphatic rings. The van der Waals surface area contributed by atoms with Crippen LogP contribution in [0.3, 0.4) is 0 Å². The summed E-state index contributed by atoms with van der Waals surface area (Å²) in [5, 5.41) is 123. The average Bonchev–Trinajstić information content (AvgIpc) is 1.39. The highest BCUT2D eigenvalue weighted by atomic mass is 16.8. The molecule has 6 aliphatic heterocycles. The number of esters is 1. The van der Waals surface area contributed by atoms with Gasteiger partial charge in [-0.2, -0.15) is 0 Å². The lowest BCUT2D eigenvalue weighted by molar-refractivity contribution is -0.373. The van der Waals surface area contributed by atoms with Gasteiger partial charge in [0.25, 0.3) is 0 Å². The zero-order valence-electron chi connectivity index (χ0n) is 58.6. The lowest BCUT2D eigenvalue weighted by atomic mass is 9.42. The lowest BCUT2D eigenvalue weighted by Crippen LogP contribution is -2.78. The van der Waals surface area contributed by atoms with E-state index in [1.54, 1.807) is 40.9 Å². The van der Waals surface area contributed by atoms with Gasteiger partial charge in [0.05, 0.1) is 67.5 Å². The minimum atomic E-state index is -2.08. The third-order valence-electron chi connectivity index (χ3n) is 23.9. The molecule has 0 spiro atoms. The number of methoxy groups -OCH3 is 4. The standard InChI is InChI=1S/C70H106O30/c1-32-58(40(84-8)26-48(89-32)93-39-20-21-66(6)38(25-39)19-22-69(82)45(66)29-46(96-47(73)18-17-37-15-13-12-14-16-37)67(7)68(81,36(5)72)23-24-70(67,69)83)97-49-27-41(85-9)60(34(3)90-49)100-65-57(80)62(87-11)61(35(4)92-65)98-50-28-42(86-10)59(33(2)91-50)99-64-56(79)54(77)52(75)44(95-64)31-88-63-55(78)53(76)51(74)43(30-71)94-63/h12-19,32-35,39-46,48-65,71,74-83H,20-31H2,1-11H3/b18-17+/t32-,33-,34-,35-,39+,40+,41+,42-,43-,44-,45-,46-,48+,49+,50+,51-,52-,53+,54+,55-,56-,57-,58-,59-,60-,61+,62-,63-,64+,65+,66+,67-,68+,69+,70-/m1/s1. The van der Waals surface area contributed by atoms with Gasteiger partial charge in [-0.3, -0.25) is 4.79 Å². The van der Waals surface area contributed by atoms with E-state index in [0.717, 1.165) is 11.1 Å². The predicted octanol–water partition coefficient (Wildman–Crippen LogP) is -0.145. The summed E-state index contributed by atoms with van der Waals surface area (Å²) in [6.07, 6.45) is -24.9. The summed E-state index contributed by atoms with van der Waals surface area (Å²) in [6.45, 7) is 10.7. The number of Topliss-reactive ketones (excluding diaryl/α,β-unsaturated/α-hetero) is 1. The highest BCUT2D eigenvalue weighted by Crippen LogP contribution is 2.71. The predicted molar refractivity (Wildman–Crippen MR) is 342 cm³/mol. The van der Waals surface area contributed by atoms with E-state index in [2.05, 4.69) is 6.92 Å². The number of hydrogen-bond donors (Lipinski definition) is 11. The molecular formula is C70H106O30. The van der Waals surface area contributed by atoms with E-state index in [9.17, 15) is 65.8 Å². The fourth-order valence-electron chi connectivity index (χ4n) is 17.9. The number of rotatable bonds is 22. The maximum atomic E-state index is 13.7. The largest absolute Gasteiger partial charge is 0.458 e. The fourth-order valence-corrected chi connectivity index (χ4v) is 17.9. The molecule has 6 saturated heterocycles. The van der Waals surface area contributed by atoms with Crippen molar-refractivity contribution >= 4 is 17.8 Å². The van der Waals surface area contributed by atoms with Crippen LogP contribution in [0.2, 0.25) is 0 Å². The Kier molecular flexibility index (Phi) is 24.4. The zero-order chi connectivity index (χ0) is 72.3. The van der Waals surface area contributed by atoms with Crippen molar-refractivity contribution in [1.82, 2.24) is 0 Å². The molecule has 0 radical (unpaired) electrons. The van der Waals surface area contributed by atoms with Gasteiger partial charge in [0.15, 0.2) is 43.5 Å². The van der Waals surface area contributed by atoms with Gasteiger partial charge >= 0.3 is 5.97 Å². The van der Waals surface area contributed by atoms with E-state index < -0.39 is 231 Å². The number of hydrogen-bond acceptors (Lipinski definition) is 30. The van der Waals surface area contributed by atoms with E-state index in [4.69, 9.17) is 80.5 Å². The second-order valence-electron chi connectivity index (χ2n) is 29.4. The number of fused-ring (bicyclic) bond motifs is 5. The van der Waals surface area contributed by atoms with Crippen LogP contribution in [0.15, 0.2) is 48.1 Å². The van der Waals surface area contributed by atoms with Crippen LogP contribution in [0.5, 0.6) is 0 Å². The van der Waals surface area contributed by atoms with Crippen molar-refractivity contribution in [2.24, 2.45) is 16.7 Å².